The van der Waals surface area contributed by atoms with Crippen molar-refractivity contribution in [3.05, 3.63) is 51.9 Å². The smallest absolute Gasteiger partial charge is 0.266 e. The van der Waals surface area contributed by atoms with Crippen LogP contribution in [0.2, 0.25) is 0 Å². The van der Waals surface area contributed by atoms with E-state index in [0.717, 1.165) is 29.0 Å². The number of hydrogen-bond donors (Lipinski definition) is 1. The van der Waals surface area contributed by atoms with Crippen LogP contribution in [-0.4, -0.2) is 10.7 Å². The van der Waals surface area contributed by atoms with Crippen molar-refractivity contribution in [3.8, 4) is 17.2 Å². The van der Waals surface area contributed by atoms with Crippen molar-refractivity contribution in [2.45, 2.75) is 25.2 Å². The number of pyridine rings is 1. The molecule has 0 bridgehead atoms. The van der Waals surface area contributed by atoms with E-state index in [1.807, 2.05) is 25.1 Å². The number of thioether (sulfide) groups is 1. The van der Waals surface area contributed by atoms with E-state index in [1.165, 1.54) is 4.90 Å². The summed E-state index contributed by atoms with van der Waals surface area (Å²) in [6.07, 6.45) is 0.724. The molecule has 0 unspecified atom stereocenters. The molecule has 2 aromatic rings. The Morgan fingerprint density at radius 1 is 1.25 bits per heavy atom. The summed E-state index contributed by atoms with van der Waals surface area (Å²) in [5, 5.41) is 8.99. The minimum absolute atomic E-state index is 0.157. The van der Waals surface area contributed by atoms with Gasteiger partial charge in [-0.3, -0.25) is 4.79 Å². The van der Waals surface area contributed by atoms with Crippen LogP contribution in [0.25, 0.3) is 11.1 Å². The fourth-order valence-electron chi connectivity index (χ4n) is 2.09. The van der Waals surface area contributed by atoms with E-state index < -0.39 is 0 Å². The Kier molecular flexibility index (Phi) is 4.65. The minimum atomic E-state index is -0.314. The molecular formula is C16H16N2OS. The van der Waals surface area contributed by atoms with Gasteiger partial charge in [-0.2, -0.15) is 5.26 Å². The predicted octanol–water partition coefficient (Wildman–Crippen LogP) is 3.59. The van der Waals surface area contributed by atoms with Crippen LogP contribution in [0.5, 0.6) is 0 Å². The molecule has 0 spiro atoms. The molecule has 20 heavy (non-hydrogen) atoms. The van der Waals surface area contributed by atoms with Crippen LogP contribution < -0.4 is 5.56 Å². The van der Waals surface area contributed by atoms with Crippen LogP contribution in [0.3, 0.4) is 0 Å². The molecule has 1 heterocycles. The van der Waals surface area contributed by atoms with Gasteiger partial charge in [0.2, 0.25) is 0 Å². The highest BCUT2D eigenvalue weighted by atomic mass is 32.2. The maximum absolute atomic E-state index is 11.7. The lowest BCUT2D eigenvalue weighted by molar-refractivity contribution is 1.01. The monoisotopic (exact) mass is 284 g/mol. The van der Waals surface area contributed by atoms with Gasteiger partial charge in [0.05, 0.1) is 0 Å². The third kappa shape index (κ3) is 2.94. The average Bonchev–Trinajstić information content (AvgIpc) is 2.48. The molecule has 1 aromatic heterocycles. The first-order chi connectivity index (χ1) is 9.69. The van der Waals surface area contributed by atoms with E-state index in [-0.39, 0.29) is 11.1 Å². The fraction of sp³-hybridized carbons (Fsp3) is 0.250. The number of benzene rings is 1. The first-order valence-corrected chi connectivity index (χ1v) is 7.57. The summed E-state index contributed by atoms with van der Waals surface area (Å²) < 4.78 is 0. The first kappa shape index (κ1) is 14.4. The lowest BCUT2D eigenvalue weighted by Gasteiger charge is -2.09. The Morgan fingerprint density at radius 2 is 1.95 bits per heavy atom. The molecule has 0 saturated heterocycles. The van der Waals surface area contributed by atoms with Gasteiger partial charge in [0, 0.05) is 16.2 Å². The van der Waals surface area contributed by atoms with Crippen LogP contribution >= 0.6 is 11.8 Å². The van der Waals surface area contributed by atoms with Crippen LogP contribution in [0, 0.1) is 11.3 Å². The second-order valence-electron chi connectivity index (χ2n) is 4.33. The van der Waals surface area contributed by atoms with Gasteiger partial charge in [-0.1, -0.05) is 26.0 Å². The summed E-state index contributed by atoms with van der Waals surface area (Å²) in [6.45, 7) is 4.11. The van der Waals surface area contributed by atoms with Crippen LogP contribution in [-0.2, 0) is 6.42 Å². The molecule has 4 heteroatoms. The normalized spacial score (nSPS) is 10.2. The van der Waals surface area contributed by atoms with Crippen molar-refractivity contribution in [2.75, 3.05) is 5.75 Å². The highest BCUT2D eigenvalue weighted by Gasteiger charge is 2.09. The SMILES string of the molecule is CCSc1ccc(-c2cc(C#N)c(=O)[nH]c2CC)cc1. The number of nitriles is 1. The summed E-state index contributed by atoms with van der Waals surface area (Å²) in [4.78, 5) is 15.7. The number of rotatable bonds is 4. The number of H-pyrrole nitrogens is 1. The Bertz CT molecular complexity index is 696. The number of nitrogens with one attached hydrogen (secondary N) is 1. The molecule has 2 rings (SSSR count). The highest BCUT2D eigenvalue weighted by Crippen LogP contribution is 2.26. The zero-order valence-corrected chi connectivity index (χ0v) is 12.4. The van der Waals surface area contributed by atoms with Crippen molar-refractivity contribution < 1.29 is 0 Å². The van der Waals surface area contributed by atoms with Crippen molar-refractivity contribution in [1.29, 1.82) is 5.26 Å². The zero-order valence-electron chi connectivity index (χ0n) is 11.6. The fourth-order valence-corrected chi connectivity index (χ4v) is 2.75. The third-order valence-electron chi connectivity index (χ3n) is 3.07. The Labute approximate surface area is 122 Å². The van der Waals surface area contributed by atoms with Gasteiger partial charge in [0.1, 0.15) is 11.6 Å². The van der Waals surface area contributed by atoms with Gasteiger partial charge in [-0.05, 0) is 35.9 Å². The van der Waals surface area contributed by atoms with E-state index in [1.54, 1.807) is 17.8 Å². The molecular weight excluding hydrogens is 268 g/mol. The second kappa shape index (κ2) is 6.44. The Morgan fingerprint density at radius 3 is 2.50 bits per heavy atom. The maximum Gasteiger partial charge on any atom is 0.266 e. The van der Waals surface area contributed by atoms with Crippen LogP contribution in [0.4, 0.5) is 0 Å². The summed E-state index contributed by atoms with van der Waals surface area (Å²) in [5.74, 6) is 1.04. The molecule has 102 valence electrons. The van der Waals surface area contributed by atoms with Gasteiger partial charge < -0.3 is 4.98 Å². The van der Waals surface area contributed by atoms with Gasteiger partial charge in [-0.15, -0.1) is 11.8 Å². The molecule has 0 amide bonds. The van der Waals surface area contributed by atoms with Gasteiger partial charge in [-0.25, -0.2) is 0 Å². The van der Waals surface area contributed by atoms with Crippen molar-refractivity contribution in [2.24, 2.45) is 0 Å². The summed E-state index contributed by atoms with van der Waals surface area (Å²) in [7, 11) is 0. The number of aromatic amines is 1. The van der Waals surface area contributed by atoms with Crippen molar-refractivity contribution >= 4 is 11.8 Å². The third-order valence-corrected chi connectivity index (χ3v) is 3.97. The van der Waals surface area contributed by atoms with E-state index in [4.69, 9.17) is 5.26 Å². The Hall–Kier alpha value is -1.99. The summed E-state index contributed by atoms with van der Waals surface area (Å²) >= 11 is 1.79. The summed E-state index contributed by atoms with van der Waals surface area (Å²) in [5.41, 5.74) is 2.66. The van der Waals surface area contributed by atoms with E-state index in [0.29, 0.717) is 0 Å². The second-order valence-corrected chi connectivity index (χ2v) is 5.66. The van der Waals surface area contributed by atoms with E-state index in [2.05, 4.69) is 24.0 Å². The summed E-state index contributed by atoms with van der Waals surface area (Å²) in [6, 6.07) is 11.8. The molecule has 0 fully saturated rings. The molecule has 0 atom stereocenters. The number of aromatic nitrogens is 1. The van der Waals surface area contributed by atoms with Crippen molar-refractivity contribution in [1.82, 2.24) is 4.98 Å². The molecule has 0 radical (unpaired) electrons. The maximum atomic E-state index is 11.7. The lowest BCUT2D eigenvalue weighted by Crippen LogP contribution is -2.13. The standard InChI is InChI=1S/C16H16N2OS/c1-3-15-14(9-12(10-17)16(19)18-15)11-5-7-13(8-6-11)20-4-2/h5-9H,3-4H2,1-2H3,(H,18,19). The number of hydrogen-bond acceptors (Lipinski definition) is 3. The average molecular weight is 284 g/mol. The quantitative estimate of drug-likeness (QED) is 0.873. The van der Waals surface area contributed by atoms with Gasteiger partial charge in [0.25, 0.3) is 5.56 Å². The zero-order chi connectivity index (χ0) is 14.5. The van der Waals surface area contributed by atoms with Crippen molar-refractivity contribution in [3.63, 3.8) is 0 Å². The van der Waals surface area contributed by atoms with Crippen LogP contribution in [0.15, 0.2) is 40.0 Å². The molecule has 0 aliphatic heterocycles. The first-order valence-electron chi connectivity index (χ1n) is 6.59. The van der Waals surface area contributed by atoms with E-state index >= 15 is 0 Å². The van der Waals surface area contributed by atoms with Gasteiger partial charge >= 0.3 is 0 Å². The molecule has 1 N–H and O–H groups in total. The predicted molar refractivity (Wildman–Crippen MR) is 83.0 cm³/mol. The Balaban J connectivity index is 2.51. The van der Waals surface area contributed by atoms with Crippen LogP contribution in [0.1, 0.15) is 25.1 Å². The van der Waals surface area contributed by atoms with E-state index in [9.17, 15) is 4.79 Å². The molecule has 3 nitrogen and oxygen atoms in total. The highest BCUT2D eigenvalue weighted by molar-refractivity contribution is 7.99. The molecule has 0 aliphatic rings. The van der Waals surface area contributed by atoms with Gasteiger partial charge in [0.15, 0.2) is 0 Å². The minimum Gasteiger partial charge on any atom is -0.324 e. The largest absolute Gasteiger partial charge is 0.324 e. The topological polar surface area (TPSA) is 56.6 Å². The lowest BCUT2D eigenvalue weighted by atomic mass is 10.0. The molecule has 1 aromatic carbocycles. The molecule has 0 saturated carbocycles. The number of aryl methyl sites for hydroxylation is 1. The number of nitrogens with zero attached hydrogens (tertiary/aromatic N) is 1. The molecule has 0 aliphatic carbocycles.